The third kappa shape index (κ3) is 9.41. The highest BCUT2D eigenvalue weighted by Crippen LogP contribution is 2.19. The molecule has 19 heavy (non-hydrogen) atoms. The van der Waals surface area contributed by atoms with Gasteiger partial charge >= 0.3 is 0 Å². The second-order valence-electron chi connectivity index (χ2n) is 5.32. The Morgan fingerprint density at radius 3 is 1.89 bits per heavy atom. The molecule has 0 fully saturated rings. The van der Waals surface area contributed by atoms with Crippen LogP contribution < -0.4 is 0 Å². The Labute approximate surface area is 118 Å². The molecule has 2 unspecified atom stereocenters. The van der Waals surface area contributed by atoms with E-state index in [0.29, 0.717) is 12.8 Å². The maximum Gasteiger partial charge on any atom is 0.270 e. The normalized spacial score (nSPS) is 15.4. The highest BCUT2D eigenvalue weighted by molar-refractivity contribution is 7.86. The summed E-state index contributed by atoms with van der Waals surface area (Å²) in [5.41, 5.74) is 0. The SMILES string of the molecule is CCCCCCCCC(C(O)CCCC)S(=O)(=O)O. The molecule has 0 saturated heterocycles. The number of hydrogen-bond acceptors (Lipinski definition) is 3. The fourth-order valence-corrected chi connectivity index (χ4v) is 3.26. The second-order valence-corrected chi connectivity index (χ2v) is 6.95. The summed E-state index contributed by atoms with van der Waals surface area (Å²) in [6.45, 7) is 4.14. The van der Waals surface area contributed by atoms with Gasteiger partial charge in [-0.2, -0.15) is 8.42 Å². The number of aliphatic hydroxyl groups is 1. The predicted molar refractivity (Wildman–Crippen MR) is 78.9 cm³/mol. The molecule has 0 aliphatic carbocycles. The summed E-state index contributed by atoms with van der Waals surface area (Å²) >= 11 is 0. The van der Waals surface area contributed by atoms with Gasteiger partial charge < -0.3 is 5.11 Å². The fraction of sp³-hybridized carbons (Fsp3) is 1.00. The van der Waals surface area contributed by atoms with E-state index in [9.17, 15) is 18.1 Å². The molecular weight excluding hydrogens is 264 g/mol. The van der Waals surface area contributed by atoms with Crippen LogP contribution in [0.4, 0.5) is 0 Å². The first kappa shape index (κ1) is 18.9. The van der Waals surface area contributed by atoms with Gasteiger partial charge in [0.25, 0.3) is 10.1 Å². The Morgan fingerprint density at radius 2 is 1.37 bits per heavy atom. The predicted octanol–water partition coefficient (Wildman–Crippen LogP) is 3.54. The molecule has 0 aromatic heterocycles. The lowest BCUT2D eigenvalue weighted by Gasteiger charge is -2.20. The first-order valence-electron chi connectivity index (χ1n) is 7.57. The van der Waals surface area contributed by atoms with Crippen LogP contribution >= 0.6 is 0 Å². The van der Waals surface area contributed by atoms with Gasteiger partial charge in [-0.05, 0) is 12.8 Å². The Kier molecular flexibility index (Phi) is 10.6. The van der Waals surface area contributed by atoms with Crippen molar-refractivity contribution in [3.8, 4) is 0 Å². The molecule has 0 aromatic rings. The van der Waals surface area contributed by atoms with Crippen molar-refractivity contribution < 1.29 is 18.1 Å². The number of aliphatic hydroxyl groups excluding tert-OH is 1. The van der Waals surface area contributed by atoms with Gasteiger partial charge in [-0.15, -0.1) is 0 Å². The monoisotopic (exact) mass is 294 g/mol. The first-order chi connectivity index (χ1) is 8.93. The van der Waals surface area contributed by atoms with Crippen LogP contribution in [0.2, 0.25) is 0 Å². The number of hydrogen-bond donors (Lipinski definition) is 2. The summed E-state index contributed by atoms with van der Waals surface area (Å²) in [5, 5.41) is 8.87. The molecule has 4 nitrogen and oxygen atoms in total. The molecule has 2 atom stereocenters. The lowest BCUT2D eigenvalue weighted by atomic mass is 10.0. The van der Waals surface area contributed by atoms with Crippen LogP contribution in [0.5, 0.6) is 0 Å². The molecule has 0 radical (unpaired) electrons. The van der Waals surface area contributed by atoms with Gasteiger partial charge in [-0.25, -0.2) is 0 Å². The number of unbranched alkanes of at least 4 members (excludes halogenated alkanes) is 6. The third-order valence-corrected chi connectivity index (χ3v) is 4.82. The molecule has 0 aliphatic heterocycles. The second kappa shape index (κ2) is 10.6. The standard InChI is InChI=1S/C14H30O4S/c1-3-5-7-8-9-10-12-14(19(16,17)18)13(15)11-6-4-2/h13-15H,3-12H2,1-2H3,(H,16,17,18). The van der Waals surface area contributed by atoms with E-state index in [1.807, 2.05) is 6.92 Å². The zero-order valence-electron chi connectivity index (χ0n) is 12.3. The Bertz CT molecular complexity index is 301. The maximum absolute atomic E-state index is 11.3. The van der Waals surface area contributed by atoms with E-state index in [0.717, 1.165) is 32.1 Å². The van der Waals surface area contributed by atoms with Gasteiger partial charge in [0, 0.05) is 0 Å². The van der Waals surface area contributed by atoms with Gasteiger partial charge in [0.15, 0.2) is 0 Å². The lowest BCUT2D eigenvalue weighted by Crippen LogP contribution is -2.33. The van der Waals surface area contributed by atoms with Crippen LogP contribution in [0.25, 0.3) is 0 Å². The van der Waals surface area contributed by atoms with Gasteiger partial charge in [-0.3, -0.25) is 4.55 Å². The van der Waals surface area contributed by atoms with Gasteiger partial charge in [0.2, 0.25) is 0 Å². The highest BCUT2D eigenvalue weighted by atomic mass is 32.2. The molecule has 0 amide bonds. The summed E-state index contributed by atoms with van der Waals surface area (Å²) in [4.78, 5) is 0. The Hall–Kier alpha value is -0.130. The quantitative estimate of drug-likeness (QED) is 0.426. The maximum atomic E-state index is 11.3. The zero-order valence-corrected chi connectivity index (χ0v) is 13.2. The Morgan fingerprint density at radius 1 is 0.842 bits per heavy atom. The first-order valence-corrected chi connectivity index (χ1v) is 9.08. The summed E-state index contributed by atoms with van der Waals surface area (Å²) < 4.78 is 31.8. The Balaban J connectivity index is 4.08. The fourth-order valence-electron chi connectivity index (χ4n) is 2.26. The molecule has 0 saturated carbocycles. The molecule has 5 heteroatoms. The molecular formula is C14H30O4S. The van der Waals surface area contributed by atoms with Crippen molar-refractivity contribution in [2.75, 3.05) is 0 Å². The molecule has 116 valence electrons. The van der Waals surface area contributed by atoms with Crippen molar-refractivity contribution in [3.63, 3.8) is 0 Å². The van der Waals surface area contributed by atoms with E-state index >= 15 is 0 Å². The lowest BCUT2D eigenvalue weighted by molar-refractivity contribution is 0.147. The molecule has 0 spiro atoms. The van der Waals surface area contributed by atoms with Crippen LogP contribution in [0.3, 0.4) is 0 Å². The van der Waals surface area contributed by atoms with Gasteiger partial charge in [0.05, 0.1) is 6.10 Å². The van der Waals surface area contributed by atoms with Crippen molar-refractivity contribution >= 4 is 10.1 Å². The largest absolute Gasteiger partial charge is 0.392 e. The minimum Gasteiger partial charge on any atom is -0.392 e. The van der Waals surface area contributed by atoms with Crippen molar-refractivity contribution in [2.24, 2.45) is 0 Å². The molecule has 0 bridgehead atoms. The van der Waals surface area contributed by atoms with E-state index in [4.69, 9.17) is 0 Å². The van der Waals surface area contributed by atoms with Crippen LogP contribution in [0, 0.1) is 0 Å². The van der Waals surface area contributed by atoms with E-state index in [1.54, 1.807) is 0 Å². The third-order valence-electron chi connectivity index (χ3n) is 3.51. The molecule has 0 rings (SSSR count). The average Bonchev–Trinajstić information content (AvgIpc) is 2.33. The summed E-state index contributed by atoms with van der Waals surface area (Å²) in [6.07, 6.45) is 7.92. The minimum absolute atomic E-state index is 0.357. The van der Waals surface area contributed by atoms with E-state index in [2.05, 4.69) is 6.92 Å². The van der Waals surface area contributed by atoms with E-state index < -0.39 is 21.5 Å². The van der Waals surface area contributed by atoms with E-state index in [-0.39, 0.29) is 0 Å². The van der Waals surface area contributed by atoms with Crippen molar-refractivity contribution in [3.05, 3.63) is 0 Å². The smallest absolute Gasteiger partial charge is 0.270 e. The van der Waals surface area contributed by atoms with Gasteiger partial charge in [-0.1, -0.05) is 65.2 Å². The van der Waals surface area contributed by atoms with E-state index in [1.165, 1.54) is 19.3 Å². The topological polar surface area (TPSA) is 74.6 Å². The average molecular weight is 294 g/mol. The highest BCUT2D eigenvalue weighted by Gasteiger charge is 2.29. The summed E-state index contributed by atoms with van der Waals surface area (Å²) in [7, 11) is -4.14. The minimum atomic E-state index is -4.14. The molecule has 0 heterocycles. The van der Waals surface area contributed by atoms with Crippen molar-refractivity contribution in [1.82, 2.24) is 0 Å². The number of rotatable bonds is 12. The molecule has 0 aromatic carbocycles. The van der Waals surface area contributed by atoms with Crippen molar-refractivity contribution in [2.45, 2.75) is 89.4 Å². The van der Waals surface area contributed by atoms with Crippen LogP contribution in [-0.4, -0.2) is 29.4 Å². The van der Waals surface area contributed by atoms with Crippen molar-refractivity contribution in [1.29, 1.82) is 0 Å². The van der Waals surface area contributed by atoms with Crippen LogP contribution in [0.1, 0.15) is 78.1 Å². The van der Waals surface area contributed by atoms with Crippen LogP contribution in [-0.2, 0) is 10.1 Å². The molecule has 0 aliphatic rings. The molecule has 2 N–H and O–H groups in total. The van der Waals surface area contributed by atoms with Crippen LogP contribution in [0.15, 0.2) is 0 Å². The van der Waals surface area contributed by atoms with Gasteiger partial charge in [0.1, 0.15) is 5.25 Å². The summed E-state index contributed by atoms with van der Waals surface area (Å²) in [5.74, 6) is 0. The zero-order chi connectivity index (χ0) is 14.7. The summed E-state index contributed by atoms with van der Waals surface area (Å²) in [6, 6.07) is 0.